The largest absolute Gasteiger partial charge is 0.450 e. The van der Waals surface area contributed by atoms with Crippen LogP contribution < -0.4 is 0 Å². The molecule has 1 N–H and O–H groups in total. The van der Waals surface area contributed by atoms with Crippen LogP contribution in [0.15, 0.2) is 18.2 Å². The third-order valence-corrected chi connectivity index (χ3v) is 4.60. The second-order valence-corrected chi connectivity index (χ2v) is 6.84. The van der Waals surface area contributed by atoms with Crippen molar-refractivity contribution in [3.8, 4) is 0 Å². The van der Waals surface area contributed by atoms with Gasteiger partial charge in [-0.3, -0.25) is 4.79 Å². The van der Waals surface area contributed by atoms with Crippen molar-refractivity contribution in [1.29, 1.82) is 0 Å². The fourth-order valence-electron chi connectivity index (χ4n) is 3.14. The first-order valence-corrected chi connectivity index (χ1v) is 9.20. The van der Waals surface area contributed by atoms with Gasteiger partial charge in [0.2, 0.25) is 0 Å². The van der Waals surface area contributed by atoms with Gasteiger partial charge in [-0.15, -0.1) is 0 Å². The molecule has 7 heteroatoms. The number of carbonyl (C=O) groups is 2. The predicted octanol–water partition coefficient (Wildman–Crippen LogP) is 2.99. The van der Waals surface area contributed by atoms with Crippen LogP contribution in [0.4, 0.5) is 4.79 Å². The molecule has 0 saturated carbocycles. The molecule has 0 aliphatic carbocycles. The van der Waals surface area contributed by atoms with Crippen molar-refractivity contribution >= 4 is 23.0 Å². The molecule has 1 aromatic heterocycles. The predicted molar refractivity (Wildman–Crippen MR) is 99.3 cm³/mol. The van der Waals surface area contributed by atoms with Crippen molar-refractivity contribution in [3.05, 3.63) is 29.6 Å². The zero-order valence-electron chi connectivity index (χ0n) is 15.6. The summed E-state index contributed by atoms with van der Waals surface area (Å²) in [5.41, 5.74) is 2.39. The second-order valence-electron chi connectivity index (χ2n) is 6.84. The highest BCUT2D eigenvalue weighted by atomic mass is 16.6. The first-order valence-electron chi connectivity index (χ1n) is 9.20. The highest BCUT2D eigenvalue weighted by Gasteiger charge is 2.23. The Morgan fingerprint density at radius 3 is 2.65 bits per heavy atom. The third-order valence-electron chi connectivity index (χ3n) is 4.60. The average molecular weight is 358 g/mol. The molecule has 0 spiro atoms. The van der Waals surface area contributed by atoms with Crippen LogP contribution in [0.2, 0.25) is 0 Å². The topological polar surface area (TPSA) is 78.5 Å². The normalized spacial score (nSPS) is 15.4. The van der Waals surface area contributed by atoms with E-state index < -0.39 is 0 Å². The number of rotatable bonds is 3. The molecule has 1 fully saturated rings. The number of amides is 2. The Hall–Kier alpha value is -2.57. The third kappa shape index (κ3) is 3.81. The Balaban J connectivity index is 1.72. The van der Waals surface area contributed by atoms with Crippen LogP contribution in [0.25, 0.3) is 11.0 Å². The van der Waals surface area contributed by atoms with Crippen molar-refractivity contribution in [1.82, 2.24) is 19.8 Å². The van der Waals surface area contributed by atoms with E-state index in [1.165, 1.54) is 0 Å². The van der Waals surface area contributed by atoms with Crippen molar-refractivity contribution in [3.63, 3.8) is 0 Å². The molecule has 0 bridgehead atoms. The Labute approximate surface area is 153 Å². The number of aromatic amines is 1. The van der Waals surface area contributed by atoms with E-state index >= 15 is 0 Å². The minimum atomic E-state index is -0.304. The molecule has 1 aliphatic heterocycles. The lowest BCUT2D eigenvalue weighted by atomic mass is 10.1. The zero-order chi connectivity index (χ0) is 18.7. The Bertz CT molecular complexity index is 799. The number of fused-ring (bicyclic) bond motifs is 1. The highest BCUT2D eigenvalue weighted by Crippen LogP contribution is 2.19. The molecule has 0 radical (unpaired) electrons. The summed E-state index contributed by atoms with van der Waals surface area (Å²) >= 11 is 0. The number of nitrogens with zero attached hydrogens (tertiary/aromatic N) is 3. The van der Waals surface area contributed by atoms with Crippen LogP contribution in [0, 0.1) is 0 Å². The first kappa shape index (κ1) is 18.2. The molecule has 3 rings (SSSR count). The smallest absolute Gasteiger partial charge is 0.409 e. The molecule has 0 atom stereocenters. The number of benzene rings is 1. The summed E-state index contributed by atoms with van der Waals surface area (Å²) in [6, 6.07) is 5.57. The van der Waals surface area contributed by atoms with Gasteiger partial charge in [-0.1, -0.05) is 13.8 Å². The summed E-state index contributed by atoms with van der Waals surface area (Å²) in [6.07, 6.45) is 0.441. The lowest BCUT2D eigenvalue weighted by Crippen LogP contribution is -2.37. The first-order chi connectivity index (χ1) is 12.5. The lowest BCUT2D eigenvalue weighted by molar-refractivity contribution is 0.0753. The SMILES string of the molecule is CCOC(=O)N1CCCN(C(=O)c2ccc3nc(C(C)C)[nH]c3c2)CC1. The fourth-order valence-corrected chi connectivity index (χ4v) is 3.14. The standard InChI is InChI=1S/C19H26N4O3/c1-4-26-19(25)23-9-5-8-22(10-11-23)18(24)14-6-7-15-16(12-14)21-17(20-15)13(2)3/h6-7,12-13H,4-5,8-11H2,1-3H3,(H,20,21). The summed E-state index contributed by atoms with van der Waals surface area (Å²) in [4.78, 5) is 36.1. The Kier molecular flexibility index (Phi) is 5.44. The van der Waals surface area contributed by atoms with Crippen molar-refractivity contribution < 1.29 is 14.3 Å². The summed E-state index contributed by atoms with van der Waals surface area (Å²) in [5, 5.41) is 0. The molecule has 1 aliphatic rings. The van der Waals surface area contributed by atoms with Gasteiger partial charge in [0.05, 0.1) is 17.6 Å². The van der Waals surface area contributed by atoms with Crippen LogP contribution in [-0.2, 0) is 4.74 Å². The fraction of sp³-hybridized carbons (Fsp3) is 0.526. The van der Waals surface area contributed by atoms with Gasteiger partial charge in [0.1, 0.15) is 5.82 Å². The van der Waals surface area contributed by atoms with Gasteiger partial charge in [0.15, 0.2) is 0 Å². The van der Waals surface area contributed by atoms with E-state index in [0.717, 1.165) is 23.3 Å². The molecule has 7 nitrogen and oxygen atoms in total. The molecular weight excluding hydrogens is 332 g/mol. The van der Waals surface area contributed by atoms with Crippen molar-refractivity contribution in [2.24, 2.45) is 0 Å². The second kappa shape index (κ2) is 7.76. The number of nitrogens with one attached hydrogen (secondary N) is 1. The van der Waals surface area contributed by atoms with Crippen LogP contribution >= 0.6 is 0 Å². The molecular formula is C19H26N4O3. The minimum absolute atomic E-state index is 0.0155. The quantitative estimate of drug-likeness (QED) is 0.915. The Morgan fingerprint density at radius 1 is 1.19 bits per heavy atom. The molecule has 140 valence electrons. The molecule has 2 aromatic rings. The maximum atomic E-state index is 12.9. The summed E-state index contributed by atoms with van der Waals surface area (Å²) in [5.74, 6) is 1.21. The number of ether oxygens (including phenoxy) is 1. The van der Waals surface area contributed by atoms with Gasteiger partial charge in [-0.2, -0.15) is 0 Å². The molecule has 26 heavy (non-hydrogen) atoms. The molecule has 2 heterocycles. The summed E-state index contributed by atoms with van der Waals surface area (Å²) in [7, 11) is 0. The molecule has 0 unspecified atom stereocenters. The van der Waals surface area contributed by atoms with Gasteiger partial charge >= 0.3 is 6.09 Å². The minimum Gasteiger partial charge on any atom is -0.450 e. The van der Waals surface area contributed by atoms with E-state index in [1.54, 1.807) is 16.7 Å². The van der Waals surface area contributed by atoms with Crippen molar-refractivity contribution in [2.45, 2.75) is 33.1 Å². The zero-order valence-corrected chi connectivity index (χ0v) is 15.6. The van der Waals surface area contributed by atoms with E-state index in [0.29, 0.717) is 44.3 Å². The van der Waals surface area contributed by atoms with Gasteiger partial charge < -0.3 is 19.5 Å². The van der Waals surface area contributed by atoms with E-state index in [2.05, 4.69) is 23.8 Å². The van der Waals surface area contributed by atoms with Gasteiger partial charge in [-0.25, -0.2) is 9.78 Å². The number of H-pyrrole nitrogens is 1. The highest BCUT2D eigenvalue weighted by molar-refractivity contribution is 5.97. The summed E-state index contributed by atoms with van der Waals surface area (Å²) < 4.78 is 5.06. The maximum Gasteiger partial charge on any atom is 0.409 e. The maximum absolute atomic E-state index is 12.9. The molecule has 2 amide bonds. The number of aromatic nitrogens is 2. The molecule has 1 aromatic carbocycles. The number of hydrogen-bond acceptors (Lipinski definition) is 4. The van der Waals surface area contributed by atoms with Crippen LogP contribution in [0.3, 0.4) is 0 Å². The lowest BCUT2D eigenvalue weighted by Gasteiger charge is -2.21. The van der Waals surface area contributed by atoms with Gasteiger partial charge in [0.25, 0.3) is 5.91 Å². The van der Waals surface area contributed by atoms with E-state index in [9.17, 15) is 9.59 Å². The molecule has 1 saturated heterocycles. The average Bonchev–Trinajstić information content (AvgIpc) is 2.90. The number of carbonyl (C=O) groups excluding carboxylic acids is 2. The van der Waals surface area contributed by atoms with Crippen LogP contribution in [0.5, 0.6) is 0 Å². The van der Waals surface area contributed by atoms with Gasteiger partial charge in [-0.05, 0) is 31.5 Å². The number of imidazole rings is 1. The summed E-state index contributed by atoms with van der Waals surface area (Å²) in [6.45, 7) is 8.56. The Morgan fingerprint density at radius 2 is 1.92 bits per heavy atom. The van der Waals surface area contributed by atoms with E-state index in [-0.39, 0.29) is 12.0 Å². The number of hydrogen-bond donors (Lipinski definition) is 1. The van der Waals surface area contributed by atoms with E-state index in [1.807, 2.05) is 18.2 Å². The van der Waals surface area contributed by atoms with Crippen molar-refractivity contribution in [2.75, 3.05) is 32.8 Å². The van der Waals surface area contributed by atoms with Crippen LogP contribution in [0.1, 0.15) is 49.3 Å². The monoisotopic (exact) mass is 358 g/mol. The van der Waals surface area contributed by atoms with Crippen LogP contribution in [-0.4, -0.2) is 64.6 Å². The van der Waals surface area contributed by atoms with E-state index in [4.69, 9.17) is 4.74 Å². The van der Waals surface area contributed by atoms with Gasteiger partial charge in [0, 0.05) is 37.7 Å².